The molecule has 0 heterocycles. The summed E-state index contributed by atoms with van der Waals surface area (Å²) < 4.78 is 13.9. The molecule has 2 aliphatic rings. The summed E-state index contributed by atoms with van der Waals surface area (Å²) in [6.45, 7) is 1.74. The molecule has 0 saturated heterocycles. The van der Waals surface area contributed by atoms with E-state index >= 15 is 0 Å². The highest BCUT2D eigenvalue weighted by Crippen LogP contribution is 2.48. The summed E-state index contributed by atoms with van der Waals surface area (Å²) in [6.07, 6.45) is 4.73. The Morgan fingerprint density at radius 1 is 1.30 bits per heavy atom. The van der Waals surface area contributed by atoms with Crippen LogP contribution in [0.4, 0.5) is 4.39 Å². The number of nitrogens with one attached hydrogen (secondary N) is 2. The molecule has 108 valence electrons. The molecule has 0 spiro atoms. The van der Waals surface area contributed by atoms with E-state index in [0.29, 0.717) is 0 Å². The maximum atomic E-state index is 13.9. The van der Waals surface area contributed by atoms with Crippen LogP contribution in [0.5, 0.6) is 0 Å². The number of halogens is 1. The molecule has 2 saturated carbocycles. The van der Waals surface area contributed by atoms with E-state index in [1.54, 1.807) is 19.2 Å². The zero-order chi connectivity index (χ0) is 14.0. The molecule has 0 amide bonds. The fourth-order valence-corrected chi connectivity index (χ4v) is 2.62. The van der Waals surface area contributed by atoms with Crippen LogP contribution in [0.1, 0.15) is 31.2 Å². The Morgan fingerprint density at radius 3 is 2.65 bits per heavy atom. The summed E-state index contributed by atoms with van der Waals surface area (Å²) in [5, 5.41) is 6.70. The van der Waals surface area contributed by atoms with E-state index in [4.69, 9.17) is 0 Å². The molecule has 0 atom stereocenters. The molecule has 0 aromatic heterocycles. The predicted molar refractivity (Wildman–Crippen MR) is 79.4 cm³/mol. The van der Waals surface area contributed by atoms with Crippen LogP contribution in [-0.2, 0) is 5.41 Å². The second kappa shape index (κ2) is 5.43. The van der Waals surface area contributed by atoms with E-state index in [1.807, 2.05) is 12.1 Å². The number of hydrogen-bond acceptors (Lipinski definition) is 1. The standard InChI is InChI=1S/C16H22FN3/c1-18-15(19-10-12-6-7-12)20-11-16(8-9-16)13-4-2-3-5-14(13)17/h2-5,12H,6-11H2,1H3,(H2,18,19,20). The van der Waals surface area contributed by atoms with Crippen molar-refractivity contribution in [2.24, 2.45) is 10.9 Å². The molecule has 20 heavy (non-hydrogen) atoms. The van der Waals surface area contributed by atoms with Crippen LogP contribution in [-0.4, -0.2) is 26.1 Å². The van der Waals surface area contributed by atoms with Crippen molar-refractivity contribution in [1.29, 1.82) is 0 Å². The molecule has 0 aliphatic heterocycles. The summed E-state index contributed by atoms with van der Waals surface area (Å²) in [5.74, 6) is 1.56. The monoisotopic (exact) mass is 275 g/mol. The molecule has 2 N–H and O–H groups in total. The molecular formula is C16H22FN3. The lowest BCUT2D eigenvalue weighted by molar-refractivity contribution is 0.559. The topological polar surface area (TPSA) is 36.4 Å². The molecular weight excluding hydrogens is 253 g/mol. The zero-order valence-electron chi connectivity index (χ0n) is 12.0. The van der Waals surface area contributed by atoms with Crippen molar-refractivity contribution in [3.8, 4) is 0 Å². The summed E-state index contributed by atoms with van der Waals surface area (Å²) in [6, 6.07) is 7.12. The molecule has 0 bridgehead atoms. The smallest absolute Gasteiger partial charge is 0.191 e. The van der Waals surface area contributed by atoms with Gasteiger partial charge in [0.25, 0.3) is 0 Å². The van der Waals surface area contributed by atoms with Gasteiger partial charge in [-0.05, 0) is 43.2 Å². The Balaban J connectivity index is 1.58. The largest absolute Gasteiger partial charge is 0.356 e. The van der Waals surface area contributed by atoms with Crippen molar-refractivity contribution in [2.45, 2.75) is 31.1 Å². The Hall–Kier alpha value is -1.58. The minimum absolute atomic E-state index is 0.0391. The summed E-state index contributed by atoms with van der Waals surface area (Å²) in [4.78, 5) is 4.24. The van der Waals surface area contributed by atoms with Crippen LogP contribution in [0.2, 0.25) is 0 Å². The summed E-state index contributed by atoms with van der Waals surface area (Å²) in [5.41, 5.74) is 0.799. The number of aliphatic imine (C=N–C) groups is 1. The van der Waals surface area contributed by atoms with Gasteiger partial charge in [0.1, 0.15) is 5.82 Å². The van der Waals surface area contributed by atoms with E-state index in [2.05, 4.69) is 15.6 Å². The summed E-state index contributed by atoms with van der Waals surface area (Å²) in [7, 11) is 1.78. The maximum Gasteiger partial charge on any atom is 0.191 e. The minimum atomic E-state index is -0.0901. The maximum absolute atomic E-state index is 13.9. The van der Waals surface area contributed by atoms with Crippen LogP contribution in [0.25, 0.3) is 0 Å². The van der Waals surface area contributed by atoms with E-state index in [1.165, 1.54) is 12.8 Å². The van der Waals surface area contributed by atoms with Crippen molar-refractivity contribution < 1.29 is 4.39 Å². The van der Waals surface area contributed by atoms with Gasteiger partial charge in [-0.2, -0.15) is 0 Å². The van der Waals surface area contributed by atoms with E-state index in [0.717, 1.165) is 43.4 Å². The van der Waals surface area contributed by atoms with Gasteiger partial charge in [-0.1, -0.05) is 18.2 Å². The second-order valence-corrected chi connectivity index (χ2v) is 6.01. The minimum Gasteiger partial charge on any atom is -0.356 e. The van der Waals surface area contributed by atoms with Crippen molar-refractivity contribution in [2.75, 3.05) is 20.1 Å². The molecule has 2 aliphatic carbocycles. The normalized spacial score (nSPS) is 20.6. The first-order valence-corrected chi connectivity index (χ1v) is 7.43. The van der Waals surface area contributed by atoms with Crippen molar-refractivity contribution in [1.82, 2.24) is 10.6 Å². The molecule has 0 unspecified atom stereocenters. The fourth-order valence-electron chi connectivity index (χ4n) is 2.62. The molecule has 1 aromatic rings. The molecule has 3 rings (SSSR count). The van der Waals surface area contributed by atoms with Crippen LogP contribution in [0.3, 0.4) is 0 Å². The SMILES string of the molecule is CN=C(NCC1CC1)NCC1(c2ccccc2F)CC1. The third-order valence-corrected chi connectivity index (χ3v) is 4.37. The lowest BCUT2D eigenvalue weighted by atomic mass is 9.95. The van der Waals surface area contributed by atoms with Gasteiger partial charge in [0.15, 0.2) is 5.96 Å². The Labute approximate surface area is 119 Å². The van der Waals surface area contributed by atoms with Crippen molar-refractivity contribution in [3.05, 3.63) is 35.6 Å². The van der Waals surface area contributed by atoms with Crippen LogP contribution >= 0.6 is 0 Å². The summed E-state index contributed by atoms with van der Waals surface area (Å²) >= 11 is 0. The van der Waals surface area contributed by atoms with Gasteiger partial charge in [-0.15, -0.1) is 0 Å². The molecule has 0 radical (unpaired) electrons. The van der Waals surface area contributed by atoms with Crippen LogP contribution < -0.4 is 10.6 Å². The zero-order valence-corrected chi connectivity index (χ0v) is 12.0. The first-order valence-electron chi connectivity index (χ1n) is 7.43. The number of hydrogen-bond donors (Lipinski definition) is 2. The van der Waals surface area contributed by atoms with Gasteiger partial charge >= 0.3 is 0 Å². The Bertz CT molecular complexity index is 504. The van der Waals surface area contributed by atoms with Crippen molar-refractivity contribution in [3.63, 3.8) is 0 Å². The highest BCUT2D eigenvalue weighted by molar-refractivity contribution is 5.79. The third-order valence-electron chi connectivity index (χ3n) is 4.37. The molecule has 3 nitrogen and oxygen atoms in total. The van der Waals surface area contributed by atoms with Gasteiger partial charge in [-0.25, -0.2) is 4.39 Å². The predicted octanol–water partition coefficient (Wildman–Crippen LogP) is 2.43. The van der Waals surface area contributed by atoms with E-state index in [-0.39, 0.29) is 11.2 Å². The van der Waals surface area contributed by atoms with Gasteiger partial charge in [0.05, 0.1) is 0 Å². The van der Waals surface area contributed by atoms with Gasteiger partial charge in [-0.3, -0.25) is 4.99 Å². The van der Waals surface area contributed by atoms with Gasteiger partial charge in [0, 0.05) is 25.6 Å². The van der Waals surface area contributed by atoms with Gasteiger partial charge in [0.2, 0.25) is 0 Å². The lowest BCUT2D eigenvalue weighted by Crippen LogP contribution is -2.42. The number of nitrogens with zero attached hydrogens (tertiary/aromatic N) is 1. The average Bonchev–Trinajstić information content (AvgIpc) is 3.35. The number of rotatable bonds is 5. The third kappa shape index (κ3) is 2.94. The molecule has 1 aromatic carbocycles. The van der Waals surface area contributed by atoms with E-state index in [9.17, 15) is 4.39 Å². The Morgan fingerprint density at radius 2 is 2.05 bits per heavy atom. The Kier molecular flexibility index (Phi) is 3.64. The molecule has 2 fully saturated rings. The van der Waals surface area contributed by atoms with Crippen LogP contribution in [0, 0.1) is 11.7 Å². The first kappa shape index (κ1) is 13.4. The number of guanidine groups is 1. The molecule has 4 heteroatoms. The van der Waals surface area contributed by atoms with Crippen LogP contribution in [0.15, 0.2) is 29.3 Å². The van der Waals surface area contributed by atoms with Crippen molar-refractivity contribution >= 4 is 5.96 Å². The first-order chi connectivity index (χ1) is 9.73. The average molecular weight is 275 g/mol. The second-order valence-electron chi connectivity index (χ2n) is 6.01. The fraction of sp³-hybridized carbons (Fsp3) is 0.562. The van der Waals surface area contributed by atoms with Gasteiger partial charge < -0.3 is 10.6 Å². The van der Waals surface area contributed by atoms with E-state index < -0.39 is 0 Å². The number of benzene rings is 1. The lowest BCUT2D eigenvalue weighted by Gasteiger charge is -2.19. The highest BCUT2D eigenvalue weighted by Gasteiger charge is 2.45. The highest BCUT2D eigenvalue weighted by atomic mass is 19.1. The quantitative estimate of drug-likeness (QED) is 0.639.